The number of nitrogens with one attached hydrogen (secondary N) is 1. The Kier molecular flexibility index (Phi) is 3.83. The maximum Gasteiger partial charge on any atom is 0.228 e. The quantitative estimate of drug-likeness (QED) is 0.711. The van der Waals surface area contributed by atoms with E-state index in [9.17, 15) is 4.79 Å². The summed E-state index contributed by atoms with van der Waals surface area (Å²) in [4.78, 5) is 11.4. The zero-order chi connectivity index (χ0) is 9.68. The van der Waals surface area contributed by atoms with Crippen molar-refractivity contribution < 1.29 is 4.79 Å². The largest absolute Gasteiger partial charge is 0.326 e. The summed E-state index contributed by atoms with van der Waals surface area (Å²) in [6.45, 7) is 1.85. The third-order valence-electron chi connectivity index (χ3n) is 1.76. The lowest BCUT2D eigenvalue weighted by Gasteiger charge is -2.08. The van der Waals surface area contributed by atoms with E-state index in [1.165, 1.54) is 0 Å². The summed E-state index contributed by atoms with van der Waals surface area (Å²) in [6, 6.07) is 9.42. The molecule has 0 unspecified atom stereocenters. The minimum Gasteiger partial charge on any atom is -0.326 e. The van der Waals surface area contributed by atoms with Gasteiger partial charge in [0.05, 0.1) is 0 Å². The Labute approximate surface area is 83.8 Å². The fourth-order valence-corrected chi connectivity index (χ4v) is 1.04. The predicted molar refractivity (Wildman–Crippen MR) is 58.1 cm³/mol. The Morgan fingerprint density at radius 1 is 1.46 bits per heavy atom. The van der Waals surface area contributed by atoms with E-state index in [0.717, 1.165) is 5.69 Å². The van der Waals surface area contributed by atoms with Crippen LogP contribution in [0.3, 0.4) is 0 Å². The standard InChI is InChI=1S/C10H13NOS/c1-8(7-13)10(12)11-9-5-3-2-4-6-9/h2-6,8,13H,7H2,1H3,(H,11,12)/t8-/m0/s1. The Hall–Kier alpha value is -0.960. The van der Waals surface area contributed by atoms with Crippen molar-refractivity contribution in [1.29, 1.82) is 0 Å². The molecule has 1 N–H and O–H groups in total. The van der Waals surface area contributed by atoms with Crippen molar-refractivity contribution in [2.75, 3.05) is 11.1 Å². The van der Waals surface area contributed by atoms with Crippen molar-refractivity contribution in [2.24, 2.45) is 5.92 Å². The molecule has 0 aromatic heterocycles. The van der Waals surface area contributed by atoms with Crippen molar-refractivity contribution >= 4 is 24.2 Å². The lowest BCUT2D eigenvalue weighted by Crippen LogP contribution is -2.21. The van der Waals surface area contributed by atoms with E-state index in [0.29, 0.717) is 5.75 Å². The van der Waals surface area contributed by atoms with Crippen molar-refractivity contribution in [2.45, 2.75) is 6.92 Å². The number of benzene rings is 1. The molecule has 1 aromatic carbocycles. The van der Waals surface area contributed by atoms with Crippen LogP contribution in [-0.2, 0) is 4.79 Å². The molecule has 0 aliphatic carbocycles. The normalized spacial score (nSPS) is 12.2. The van der Waals surface area contributed by atoms with Crippen LogP contribution in [0.25, 0.3) is 0 Å². The topological polar surface area (TPSA) is 29.1 Å². The summed E-state index contributed by atoms with van der Waals surface area (Å²) in [5.74, 6) is 0.531. The molecule has 0 radical (unpaired) electrons. The first kappa shape index (κ1) is 10.1. The number of carbonyl (C=O) groups is 1. The van der Waals surface area contributed by atoms with Gasteiger partial charge in [-0.2, -0.15) is 12.6 Å². The average molecular weight is 195 g/mol. The van der Waals surface area contributed by atoms with Gasteiger partial charge < -0.3 is 5.32 Å². The summed E-state index contributed by atoms with van der Waals surface area (Å²) in [6.07, 6.45) is 0. The number of rotatable bonds is 3. The van der Waals surface area contributed by atoms with E-state index in [-0.39, 0.29) is 11.8 Å². The smallest absolute Gasteiger partial charge is 0.228 e. The maximum atomic E-state index is 11.4. The van der Waals surface area contributed by atoms with E-state index in [1.54, 1.807) is 0 Å². The number of hydrogen-bond donors (Lipinski definition) is 2. The molecule has 3 heteroatoms. The first-order valence-corrected chi connectivity index (χ1v) is 4.84. The highest BCUT2D eigenvalue weighted by molar-refractivity contribution is 7.80. The van der Waals surface area contributed by atoms with Gasteiger partial charge in [-0.15, -0.1) is 0 Å². The highest BCUT2D eigenvalue weighted by atomic mass is 32.1. The van der Waals surface area contributed by atoms with E-state index in [1.807, 2.05) is 37.3 Å². The molecule has 1 amide bonds. The van der Waals surface area contributed by atoms with Crippen molar-refractivity contribution in [3.63, 3.8) is 0 Å². The minimum absolute atomic E-state index is 0.0150. The van der Waals surface area contributed by atoms with Crippen LogP contribution < -0.4 is 5.32 Å². The number of hydrogen-bond acceptors (Lipinski definition) is 2. The SMILES string of the molecule is C[C@@H](CS)C(=O)Nc1ccccc1. The summed E-state index contributed by atoms with van der Waals surface area (Å²) >= 11 is 4.06. The van der Waals surface area contributed by atoms with Crippen LogP contribution >= 0.6 is 12.6 Å². The van der Waals surface area contributed by atoms with E-state index in [4.69, 9.17) is 0 Å². The minimum atomic E-state index is -0.0523. The van der Waals surface area contributed by atoms with E-state index >= 15 is 0 Å². The molecule has 1 rings (SSSR count). The van der Waals surface area contributed by atoms with E-state index in [2.05, 4.69) is 17.9 Å². The molecular weight excluding hydrogens is 182 g/mol. The molecule has 0 saturated carbocycles. The molecule has 0 saturated heterocycles. The molecule has 13 heavy (non-hydrogen) atoms. The summed E-state index contributed by atoms with van der Waals surface area (Å²) in [7, 11) is 0. The second kappa shape index (κ2) is 4.92. The van der Waals surface area contributed by atoms with E-state index < -0.39 is 0 Å². The summed E-state index contributed by atoms with van der Waals surface area (Å²) < 4.78 is 0. The zero-order valence-electron chi connectivity index (χ0n) is 7.53. The molecule has 1 aromatic rings. The molecular formula is C10H13NOS. The third kappa shape index (κ3) is 3.11. The van der Waals surface area contributed by atoms with Crippen LogP contribution in [0.4, 0.5) is 5.69 Å². The predicted octanol–water partition coefficient (Wildman–Crippen LogP) is 2.19. The first-order chi connectivity index (χ1) is 6.24. The highest BCUT2D eigenvalue weighted by Gasteiger charge is 2.09. The number of thiol groups is 1. The molecule has 0 heterocycles. The van der Waals surface area contributed by atoms with Crippen LogP contribution in [0.1, 0.15) is 6.92 Å². The van der Waals surface area contributed by atoms with Gasteiger partial charge >= 0.3 is 0 Å². The molecule has 0 bridgehead atoms. The lowest BCUT2D eigenvalue weighted by atomic mass is 10.2. The van der Waals surface area contributed by atoms with Gasteiger partial charge in [0, 0.05) is 17.4 Å². The Morgan fingerprint density at radius 3 is 2.62 bits per heavy atom. The Morgan fingerprint density at radius 2 is 2.08 bits per heavy atom. The second-order valence-corrected chi connectivity index (χ2v) is 3.30. The molecule has 0 spiro atoms. The van der Waals surface area contributed by atoms with Crippen molar-refractivity contribution in [3.8, 4) is 0 Å². The highest BCUT2D eigenvalue weighted by Crippen LogP contribution is 2.08. The first-order valence-electron chi connectivity index (χ1n) is 4.21. The zero-order valence-corrected chi connectivity index (χ0v) is 8.42. The van der Waals surface area contributed by atoms with Crippen LogP contribution in [0.5, 0.6) is 0 Å². The number of anilines is 1. The molecule has 0 aliphatic rings. The maximum absolute atomic E-state index is 11.4. The number of carbonyl (C=O) groups excluding carboxylic acids is 1. The monoisotopic (exact) mass is 195 g/mol. The van der Waals surface area contributed by atoms with Gasteiger partial charge in [0.25, 0.3) is 0 Å². The van der Waals surface area contributed by atoms with Crippen LogP contribution in [-0.4, -0.2) is 11.7 Å². The van der Waals surface area contributed by atoms with Crippen molar-refractivity contribution in [1.82, 2.24) is 0 Å². The van der Waals surface area contributed by atoms with Crippen LogP contribution in [0.2, 0.25) is 0 Å². The van der Waals surface area contributed by atoms with Gasteiger partial charge in [0.2, 0.25) is 5.91 Å². The lowest BCUT2D eigenvalue weighted by molar-refractivity contribution is -0.118. The van der Waals surface area contributed by atoms with Gasteiger partial charge in [0.1, 0.15) is 0 Å². The molecule has 0 aliphatic heterocycles. The van der Waals surface area contributed by atoms with Crippen molar-refractivity contribution in [3.05, 3.63) is 30.3 Å². The molecule has 1 atom stereocenters. The van der Waals surface area contributed by atoms with Gasteiger partial charge in [-0.05, 0) is 12.1 Å². The van der Waals surface area contributed by atoms with Crippen LogP contribution in [0, 0.1) is 5.92 Å². The Bertz CT molecular complexity index is 274. The summed E-state index contributed by atoms with van der Waals surface area (Å²) in [5.41, 5.74) is 0.834. The molecule has 2 nitrogen and oxygen atoms in total. The fraction of sp³-hybridized carbons (Fsp3) is 0.300. The average Bonchev–Trinajstić information content (AvgIpc) is 2.18. The second-order valence-electron chi connectivity index (χ2n) is 2.94. The van der Waals surface area contributed by atoms with Gasteiger partial charge in [-0.1, -0.05) is 25.1 Å². The molecule has 70 valence electrons. The fourth-order valence-electron chi connectivity index (χ4n) is 0.870. The number of amides is 1. The molecule has 0 fully saturated rings. The van der Waals surface area contributed by atoms with Gasteiger partial charge in [-0.25, -0.2) is 0 Å². The van der Waals surface area contributed by atoms with Gasteiger partial charge in [0.15, 0.2) is 0 Å². The van der Waals surface area contributed by atoms with Crippen LogP contribution in [0.15, 0.2) is 30.3 Å². The Balaban J connectivity index is 2.55. The summed E-state index contributed by atoms with van der Waals surface area (Å²) in [5, 5.41) is 2.80. The van der Waals surface area contributed by atoms with Gasteiger partial charge in [-0.3, -0.25) is 4.79 Å². The number of para-hydroxylation sites is 1. The third-order valence-corrected chi connectivity index (χ3v) is 2.31.